The second kappa shape index (κ2) is 5.63. The third kappa shape index (κ3) is 3.37. The van der Waals surface area contributed by atoms with Gasteiger partial charge < -0.3 is 5.32 Å². The van der Waals surface area contributed by atoms with Crippen LogP contribution in [0.3, 0.4) is 0 Å². The fourth-order valence-electron chi connectivity index (χ4n) is 2.78. The number of nitrogens with one attached hydrogen (secondary N) is 1. The molecule has 0 aliphatic carbocycles. The van der Waals surface area contributed by atoms with Gasteiger partial charge in [-0.25, -0.2) is 0 Å². The van der Waals surface area contributed by atoms with Gasteiger partial charge in [0.2, 0.25) is 0 Å². The molecule has 4 heteroatoms. The molecule has 1 saturated heterocycles. The normalized spacial score (nSPS) is 24.0. The van der Waals surface area contributed by atoms with E-state index < -0.39 is 0 Å². The first-order valence-electron chi connectivity index (χ1n) is 7.35. The zero-order valence-corrected chi connectivity index (χ0v) is 13.0. The topological polar surface area (TPSA) is 33.1 Å². The third-order valence-electron chi connectivity index (χ3n) is 4.44. The van der Waals surface area contributed by atoms with Crippen LogP contribution in [0.2, 0.25) is 0 Å². The van der Waals surface area contributed by atoms with E-state index in [9.17, 15) is 0 Å². The lowest BCUT2D eigenvalue weighted by atomic mass is 9.92. The lowest BCUT2D eigenvalue weighted by Gasteiger charge is -2.47. The molecule has 0 saturated carbocycles. The van der Waals surface area contributed by atoms with Crippen LogP contribution < -0.4 is 5.32 Å². The van der Waals surface area contributed by atoms with E-state index in [1.807, 2.05) is 17.9 Å². The summed E-state index contributed by atoms with van der Waals surface area (Å²) in [5, 5.41) is 7.93. The molecule has 0 spiro atoms. The van der Waals surface area contributed by atoms with Crippen molar-refractivity contribution in [2.24, 2.45) is 13.0 Å². The highest BCUT2D eigenvalue weighted by Crippen LogP contribution is 2.21. The largest absolute Gasteiger partial charge is 0.311 e. The van der Waals surface area contributed by atoms with Crippen molar-refractivity contribution >= 4 is 0 Å². The van der Waals surface area contributed by atoms with Crippen LogP contribution in [0.1, 0.15) is 33.4 Å². The van der Waals surface area contributed by atoms with Gasteiger partial charge in [-0.3, -0.25) is 9.58 Å². The van der Waals surface area contributed by atoms with E-state index in [1.54, 1.807) is 0 Å². The minimum atomic E-state index is 0.240. The molecule has 0 amide bonds. The summed E-state index contributed by atoms with van der Waals surface area (Å²) < 4.78 is 1.98. The summed E-state index contributed by atoms with van der Waals surface area (Å²) in [5.41, 5.74) is 1.56. The molecule has 1 fully saturated rings. The standard InChI is InChI=1S/C15H28N4/c1-12(2)14-10-19(15(3,4)11-16-14)9-7-13-6-8-17-18(13)5/h6,8,12,14,16H,7,9-11H2,1-5H3. The minimum Gasteiger partial charge on any atom is -0.311 e. The minimum absolute atomic E-state index is 0.240. The summed E-state index contributed by atoms with van der Waals surface area (Å²) in [4.78, 5) is 2.63. The van der Waals surface area contributed by atoms with Crippen LogP contribution in [-0.2, 0) is 13.5 Å². The molecule has 108 valence electrons. The van der Waals surface area contributed by atoms with Crippen LogP contribution in [-0.4, -0.2) is 45.9 Å². The summed E-state index contributed by atoms with van der Waals surface area (Å²) >= 11 is 0. The number of aromatic nitrogens is 2. The maximum Gasteiger partial charge on any atom is 0.0492 e. The van der Waals surface area contributed by atoms with Gasteiger partial charge in [0, 0.05) is 56.6 Å². The average molecular weight is 264 g/mol. The van der Waals surface area contributed by atoms with Crippen molar-refractivity contribution < 1.29 is 0 Å². The summed E-state index contributed by atoms with van der Waals surface area (Å²) in [7, 11) is 2.02. The van der Waals surface area contributed by atoms with Crippen LogP contribution in [0, 0.1) is 5.92 Å². The zero-order chi connectivity index (χ0) is 14.0. The van der Waals surface area contributed by atoms with Crippen molar-refractivity contribution in [1.29, 1.82) is 0 Å². The Balaban J connectivity index is 1.97. The second-order valence-corrected chi connectivity index (χ2v) is 6.69. The summed E-state index contributed by atoms with van der Waals surface area (Å²) in [6.07, 6.45) is 2.96. The molecule has 1 aliphatic heterocycles. The highest BCUT2D eigenvalue weighted by molar-refractivity contribution is 5.02. The number of hydrogen-bond donors (Lipinski definition) is 1. The molecular formula is C15H28N4. The predicted molar refractivity (Wildman–Crippen MR) is 79.2 cm³/mol. The van der Waals surface area contributed by atoms with Crippen LogP contribution in [0.25, 0.3) is 0 Å². The molecule has 0 bridgehead atoms. The van der Waals surface area contributed by atoms with Gasteiger partial charge in [0.15, 0.2) is 0 Å². The molecule has 19 heavy (non-hydrogen) atoms. The lowest BCUT2D eigenvalue weighted by Crippen LogP contribution is -2.63. The number of hydrogen-bond acceptors (Lipinski definition) is 3. The first kappa shape index (κ1) is 14.5. The second-order valence-electron chi connectivity index (χ2n) is 6.69. The highest BCUT2D eigenvalue weighted by atomic mass is 15.3. The van der Waals surface area contributed by atoms with Gasteiger partial charge in [0.25, 0.3) is 0 Å². The van der Waals surface area contributed by atoms with Gasteiger partial charge in [-0.15, -0.1) is 0 Å². The molecule has 0 aromatic carbocycles. The van der Waals surface area contributed by atoms with Crippen LogP contribution >= 0.6 is 0 Å². The van der Waals surface area contributed by atoms with Crippen molar-refractivity contribution in [3.8, 4) is 0 Å². The molecule has 1 aromatic heterocycles. The number of aryl methyl sites for hydroxylation is 1. The molecule has 1 atom stereocenters. The van der Waals surface area contributed by atoms with Crippen molar-refractivity contribution in [1.82, 2.24) is 20.0 Å². The van der Waals surface area contributed by atoms with Crippen molar-refractivity contribution in [3.05, 3.63) is 18.0 Å². The molecule has 1 aliphatic rings. The fraction of sp³-hybridized carbons (Fsp3) is 0.800. The Morgan fingerprint density at radius 1 is 1.47 bits per heavy atom. The molecule has 4 nitrogen and oxygen atoms in total. The van der Waals surface area contributed by atoms with E-state index in [0.717, 1.165) is 26.1 Å². The molecule has 2 rings (SSSR count). The number of nitrogens with zero attached hydrogens (tertiary/aromatic N) is 3. The Bertz CT molecular complexity index is 408. The molecule has 2 heterocycles. The Morgan fingerprint density at radius 3 is 2.79 bits per heavy atom. The predicted octanol–water partition coefficient (Wildman–Crippen LogP) is 1.67. The van der Waals surface area contributed by atoms with Crippen LogP contribution in [0.5, 0.6) is 0 Å². The number of piperazine rings is 1. The molecule has 1 unspecified atom stereocenters. The van der Waals surface area contributed by atoms with E-state index in [4.69, 9.17) is 0 Å². The van der Waals surface area contributed by atoms with Gasteiger partial charge in [0.05, 0.1) is 0 Å². The van der Waals surface area contributed by atoms with Gasteiger partial charge in [0.1, 0.15) is 0 Å². The SMILES string of the molecule is CC(C)C1CN(CCc2ccnn2C)C(C)(C)CN1. The molecule has 1 aromatic rings. The van der Waals surface area contributed by atoms with Gasteiger partial charge in [-0.1, -0.05) is 13.8 Å². The van der Waals surface area contributed by atoms with E-state index in [1.165, 1.54) is 5.69 Å². The lowest BCUT2D eigenvalue weighted by molar-refractivity contribution is 0.0553. The Labute approximate surface area is 117 Å². The van der Waals surface area contributed by atoms with Crippen molar-refractivity contribution in [2.45, 2.75) is 45.7 Å². The van der Waals surface area contributed by atoms with E-state index in [0.29, 0.717) is 12.0 Å². The average Bonchev–Trinajstić information content (AvgIpc) is 2.73. The molecule has 1 N–H and O–H groups in total. The first-order valence-corrected chi connectivity index (χ1v) is 7.35. The quantitative estimate of drug-likeness (QED) is 0.898. The summed E-state index contributed by atoms with van der Waals surface area (Å²) in [6.45, 7) is 12.6. The maximum absolute atomic E-state index is 4.25. The maximum atomic E-state index is 4.25. The first-order chi connectivity index (χ1) is 8.90. The van der Waals surface area contributed by atoms with Crippen molar-refractivity contribution in [3.63, 3.8) is 0 Å². The molecule has 0 radical (unpaired) electrons. The zero-order valence-electron chi connectivity index (χ0n) is 13.0. The van der Waals surface area contributed by atoms with Crippen LogP contribution in [0.4, 0.5) is 0 Å². The Hall–Kier alpha value is -0.870. The highest BCUT2D eigenvalue weighted by Gasteiger charge is 2.34. The van der Waals surface area contributed by atoms with E-state index in [-0.39, 0.29) is 5.54 Å². The van der Waals surface area contributed by atoms with E-state index >= 15 is 0 Å². The summed E-state index contributed by atoms with van der Waals surface area (Å²) in [5.74, 6) is 0.690. The van der Waals surface area contributed by atoms with Gasteiger partial charge in [-0.2, -0.15) is 5.10 Å². The monoisotopic (exact) mass is 264 g/mol. The Kier molecular flexibility index (Phi) is 4.31. The van der Waals surface area contributed by atoms with Gasteiger partial charge >= 0.3 is 0 Å². The third-order valence-corrected chi connectivity index (χ3v) is 4.44. The smallest absolute Gasteiger partial charge is 0.0492 e. The van der Waals surface area contributed by atoms with Gasteiger partial charge in [-0.05, 0) is 25.8 Å². The summed E-state index contributed by atoms with van der Waals surface area (Å²) in [6, 6.07) is 2.73. The van der Waals surface area contributed by atoms with Crippen LogP contribution in [0.15, 0.2) is 12.3 Å². The van der Waals surface area contributed by atoms with Crippen molar-refractivity contribution in [2.75, 3.05) is 19.6 Å². The fourth-order valence-corrected chi connectivity index (χ4v) is 2.78. The Morgan fingerprint density at radius 2 is 2.21 bits per heavy atom. The molecular weight excluding hydrogens is 236 g/mol. The van der Waals surface area contributed by atoms with E-state index in [2.05, 4.69) is 49.1 Å². The number of rotatable bonds is 4.